The molecule has 0 atom stereocenters. The van der Waals surface area contributed by atoms with E-state index in [0.29, 0.717) is 19.6 Å². The summed E-state index contributed by atoms with van der Waals surface area (Å²) in [6.07, 6.45) is 6.15. The van der Waals surface area contributed by atoms with Crippen LogP contribution in [0.15, 0.2) is 0 Å². The number of amides is 2. The Morgan fingerprint density at radius 1 is 0.864 bits per heavy atom. The van der Waals surface area contributed by atoms with E-state index in [2.05, 4.69) is 16.1 Å². The molecule has 130 valence electrons. The third kappa shape index (κ3) is 15.2. The molecule has 0 saturated heterocycles. The highest BCUT2D eigenvalue weighted by atomic mass is 16.6. The van der Waals surface area contributed by atoms with Gasteiger partial charge in [0.2, 0.25) is 11.8 Å². The first kappa shape index (κ1) is 20.8. The van der Waals surface area contributed by atoms with Crippen molar-refractivity contribution in [3.05, 3.63) is 0 Å². The van der Waals surface area contributed by atoms with Gasteiger partial charge in [0.15, 0.2) is 0 Å². The van der Waals surface area contributed by atoms with Gasteiger partial charge in [0, 0.05) is 33.7 Å². The monoisotopic (exact) mass is 317 g/mol. The highest BCUT2D eigenvalue weighted by Gasteiger charge is 2.04. The zero-order valence-electron chi connectivity index (χ0n) is 13.9. The average molecular weight is 317 g/mol. The van der Waals surface area contributed by atoms with Crippen molar-refractivity contribution in [2.75, 3.05) is 40.5 Å². The van der Waals surface area contributed by atoms with Crippen LogP contribution < -0.4 is 16.1 Å². The minimum atomic E-state index is -0.150. The number of nitrogens with one attached hydrogen (secondary N) is 3. The van der Waals surface area contributed by atoms with Crippen LogP contribution in [0.25, 0.3) is 0 Å². The molecule has 0 aliphatic carbocycles. The summed E-state index contributed by atoms with van der Waals surface area (Å²) in [4.78, 5) is 28.0. The van der Waals surface area contributed by atoms with Crippen molar-refractivity contribution in [1.82, 2.24) is 16.1 Å². The number of methoxy groups -OCH3 is 1. The van der Waals surface area contributed by atoms with Crippen molar-refractivity contribution in [2.24, 2.45) is 0 Å². The van der Waals surface area contributed by atoms with E-state index in [1.54, 1.807) is 14.2 Å². The number of carbonyl (C=O) groups excluding carboxylic acids is 2. The molecule has 7 heteroatoms. The molecule has 0 aromatic rings. The minimum absolute atomic E-state index is 0.0511. The second kappa shape index (κ2) is 16.2. The number of unbranched alkanes of at least 4 members (excludes halogenated alkanes) is 4. The van der Waals surface area contributed by atoms with E-state index in [-0.39, 0.29) is 18.4 Å². The predicted molar refractivity (Wildman–Crippen MR) is 85.2 cm³/mol. The van der Waals surface area contributed by atoms with Crippen LogP contribution in [0.1, 0.15) is 44.9 Å². The first-order chi connectivity index (χ1) is 10.7. The van der Waals surface area contributed by atoms with Crippen molar-refractivity contribution >= 4 is 11.8 Å². The molecule has 3 N–H and O–H groups in total. The van der Waals surface area contributed by atoms with Gasteiger partial charge in [-0.1, -0.05) is 12.8 Å². The quantitative estimate of drug-likeness (QED) is 0.306. The first-order valence-electron chi connectivity index (χ1n) is 8.01. The van der Waals surface area contributed by atoms with Gasteiger partial charge in [0.05, 0.1) is 13.2 Å². The fourth-order valence-electron chi connectivity index (χ4n) is 1.84. The lowest BCUT2D eigenvalue weighted by molar-refractivity contribution is -0.126. The molecule has 0 spiro atoms. The van der Waals surface area contributed by atoms with Gasteiger partial charge in [-0.25, -0.2) is 5.48 Å². The normalized spacial score (nSPS) is 10.5. The summed E-state index contributed by atoms with van der Waals surface area (Å²) in [5.41, 5.74) is 2.59. The fourth-order valence-corrected chi connectivity index (χ4v) is 1.84. The molecule has 0 fully saturated rings. The van der Waals surface area contributed by atoms with E-state index >= 15 is 0 Å². The molecule has 0 unspecified atom stereocenters. The van der Waals surface area contributed by atoms with Crippen LogP contribution in [-0.4, -0.2) is 52.3 Å². The van der Waals surface area contributed by atoms with Crippen molar-refractivity contribution in [3.8, 4) is 0 Å². The van der Waals surface area contributed by atoms with Gasteiger partial charge in [-0.3, -0.25) is 9.59 Å². The number of hydroxylamine groups is 1. The summed E-state index contributed by atoms with van der Waals surface area (Å²) in [6, 6.07) is 0. The number of hydrogen-bond donors (Lipinski definition) is 3. The Bertz CT molecular complexity index is 260. The number of rotatable bonds is 15. The summed E-state index contributed by atoms with van der Waals surface area (Å²) in [7, 11) is 3.40. The summed E-state index contributed by atoms with van der Waals surface area (Å²) in [6.45, 7) is 2.04. The van der Waals surface area contributed by atoms with Gasteiger partial charge >= 0.3 is 0 Å². The van der Waals surface area contributed by atoms with Crippen LogP contribution in [-0.2, 0) is 19.2 Å². The van der Waals surface area contributed by atoms with Gasteiger partial charge in [-0.2, -0.15) is 0 Å². The largest absolute Gasteiger partial charge is 0.385 e. The molecule has 2 amide bonds. The Kier molecular flexibility index (Phi) is 15.3. The van der Waals surface area contributed by atoms with Crippen LogP contribution in [0.5, 0.6) is 0 Å². The van der Waals surface area contributed by atoms with Crippen molar-refractivity contribution in [3.63, 3.8) is 0 Å². The van der Waals surface area contributed by atoms with Gasteiger partial charge < -0.3 is 20.2 Å². The van der Waals surface area contributed by atoms with E-state index < -0.39 is 0 Å². The second-order valence-corrected chi connectivity index (χ2v) is 5.04. The van der Waals surface area contributed by atoms with Gasteiger partial charge in [0.1, 0.15) is 0 Å². The van der Waals surface area contributed by atoms with Gasteiger partial charge in [0.25, 0.3) is 0 Å². The topological polar surface area (TPSA) is 88.7 Å². The fraction of sp³-hybridized carbons (Fsp3) is 0.867. The van der Waals surface area contributed by atoms with Crippen LogP contribution in [0.2, 0.25) is 0 Å². The molecule has 0 aliphatic heterocycles. The van der Waals surface area contributed by atoms with Gasteiger partial charge in [-0.15, -0.1) is 0 Å². The lowest BCUT2D eigenvalue weighted by atomic mass is 10.1. The summed E-state index contributed by atoms with van der Waals surface area (Å²) in [5.74, 6) is -0.215. The maximum absolute atomic E-state index is 11.5. The number of hydrogen-bond acceptors (Lipinski definition) is 5. The Morgan fingerprint density at radius 2 is 1.59 bits per heavy atom. The van der Waals surface area contributed by atoms with E-state index in [4.69, 9.17) is 9.57 Å². The van der Waals surface area contributed by atoms with Gasteiger partial charge in [-0.05, 0) is 25.7 Å². The summed E-state index contributed by atoms with van der Waals surface area (Å²) >= 11 is 0. The van der Waals surface area contributed by atoms with E-state index in [1.807, 2.05) is 0 Å². The molecule has 7 nitrogen and oxygen atoms in total. The van der Waals surface area contributed by atoms with Crippen LogP contribution in [0.3, 0.4) is 0 Å². The van der Waals surface area contributed by atoms with E-state index in [1.165, 1.54) is 0 Å². The molecule has 0 saturated carbocycles. The molecule has 22 heavy (non-hydrogen) atoms. The zero-order chi connectivity index (χ0) is 16.5. The standard InChI is InChI=1S/C15H31N3O4/c1-16-22-12-8-6-10-17-15(20)13-18-14(19)9-5-3-4-7-11-21-2/h16H,3-13H2,1-2H3,(H,17,20)(H,18,19). The van der Waals surface area contributed by atoms with Crippen LogP contribution >= 0.6 is 0 Å². The van der Waals surface area contributed by atoms with Crippen molar-refractivity contribution < 1.29 is 19.2 Å². The maximum Gasteiger partial charge on any atom is 0.239 e. The average Bonchev–Trinajstić information content (AvgIpc) is 2.52. The third-order valence-corrected chi connectivity index (χ3v) is 3.09. The predicted octanol–water partition coefficient (Wildman–Crippen LogP) is 0.747. The molecule has 0 heterocycles. The molecule has 0 aliphatic rings. The zero-order valence-corrected chi connectivity index (χ0v) is 13.9. The first-order valence-corrected chi connectivity index (χ1v) is 8.01. The molecular formula is C15H31N3O4. The van der Waals surface area contributed by atoms with Crippen LogP contribution in [0, 0.1) is 0 Å². The molecule has 0 bridgehead atoms. The second-order valence-electron chi connectivity index (χ2n) is 5.04. The smallest absolute Gasteiger partial charge is 0.239 e. The highest BCUT2D eigenvalue weighted by Crippen LogP contribution is 2.02. The van der Waals surface area contributed by atoms with Crippen molar-refractivity contribution in [1.29, 1.82) is 0 Å². The van der Waals surface area contributed by atoms with Crippen LogP contribution in [0.4, 0.5) is 0 Å². The molecule has 0 aromatic heterocycles. The number of carbonyl (C=O) groups is 2. The van der Waals surface area contributed by atoms with Crippen molar-refractivity contribution in [2.45, 2.75) is 44.9 Å². The highest BCUT2D eigenvalue weighted by molar-refractivity contribution is 5.84. The Morgan fingerprint density at radius 3 is 2.32 bits per heavy atom. The Labute approximate surface area is 133 Å². The molecule has 0 radical (unpaired) electrons. The molecule has 0 aromatic carbocycles. The maximum atomic E-state index is 11.5. The molecule has 0 rings (SSSR count). The molecular weight excluding hydrogens is 286 g/mol. The minimum Gasteiger partial charge on any atom is -0.385 e. The third-order valence-electron chi connectivity index (χ3n) is 3.09. The summed E-state index contributed by atoms with van der Waals surface area (Å²) in [5, 5.41) is 5.40. The van der Waals surface area contributed by atoms with E-state index in [9.17, 15) is 9.59 Å². The lowest BCUT2D eigenvalue weighted by Gasteiger charge is -2.07. The lowest BCUT2D eigenvalue weighted by Crippen LogP contribution is -2.37. The summed E-state index contributed by atoms with van der Waals surface area (Å²) < 4.78 is 4.96. The SMILES string of the molecule is CNOCCCCNC(=O)CNC(=O)CCCCCCOC. The Balaban J connectivity index is 3.36. The Hall–Kier alpha value is -1.18. The number of ether oxygens (including phenoxy) is 1. The van der Waals surface area contributed by atoms with E-state index in [0.717, 1.165) is 45.1 Å².